The van der Waals surface area contributed by atoms with Gasteiger partial charge in [0.15, 0.2) is 12.1 Å². The van der Waals surface area contributed by atoms with Gasteiger partial charge in [-0.1, -0.05) is 71.4 Å². The third-order valence-electron chi connectivity index (χ3n) is 17.2. The number of anilines is 1. The van der Waals surface area contributed by atoms with Crippen molar-refractivity contribution in [2.75, 3.05) is 46.2 Å². The van der Waals surface area contributed by atoms with Crippen molar-refractivity contribution in [3.05, 3.63) is 87.9 Å². The first-order valence-corrected chi connectivity index (χ1v) is 32.4. The van der Waals surface area contributed by atoms with Crippen LogP contribution in [-0.4, -0.2) is 212 Å². The van der Waals surface area contributed by atoms with E-state index in [9.17, 15) is 73.5 Å². The van der Waals surface area contributed by atoms with Gasteiger partial charge in [0.2, 0.25) is 24.0 Å². The number of aliphatic hydroxyl groups is 3. The zero-order valence-corrected chi connectivity index (χ0v) is 55.9. The fourth-order valence-corrected chi connectivity index (χ4v) is 12.6. The lowest BCUT2D eigenvalue weighted by molar-refractivity contribution is -0.942. The minimum atomic E-state index is -2.04. The Morgan fingerprint density at radius 1 is 0.883 bits per heavy atom. The number of piperidine rings is 1. The third-order valence-corrected chi connectivity index (χ3v) is 18.1. The van der Waals surface area contributed by atoms with E-state index in [0.29, 0.717) is 47.7 Å². The van der Waals surface area contributed by atoms with E-state index in [2.05, 4.69) is 31.6 Å². The molecule has 2 fully saturated rings. The largest absolute Gasteiger partial charge is 0.481 e. The Labute approximate surface area is 550 Å². The monoisotopic (exact) mass is 1330 g/mol. The molecule has 1 aromatic heterocycles. The molecular weight excluding hydrogens is 1240 g/mol. The van der Waals surface area contributed by atoms with Gasteiger partial charge < -0.3 is 80.4 Å². The maximum absolute atomic E-state index is 15.0. The van der Waals surface area contributed by atoms with E-state index in [1.54, 1.807) is 51.1 Å². The number of aliphatic carboxylic acids is 2. The summed E-state index contributed by atoms with van der Waals surface area (Å²) >= 11 is 1.23. The molecule has 29 heteroatoms. The van der Waals surface area contributed by atoms with Crippen molar-refractivity contribution in [2.45, 2.75) is 186 Å². The number of likely N-dealkylation sites (N-methyl/N-ethyl adjacent to an activating group) is 2. The van der Waals surface area contributed by atoms with Crippen molar-refractivity contribution < 1.29 is 96.9 Å². The number of carboxylic acids is 2. The van der Waals surface area contributed by atoms with E-state index >= 15 is 0 Å². The molecular formula is C65H92N9O19S+. The number of likely N-dealkylation sites (tertiary alicyclic amines) is 1. The first-order valence-electron chi connectivity index (χ1n) is 31.5. The lowest BCUT2D eigenvalue weighted by atomic mass is 9.92. The number of thiazole rings is 1. The number of imide groups is 1. The molecule has 28 nitrogen and oxygen atoms in total. The fraction of sp³-hybridized carbons (Fsp3) is 0.585. The minimum Gasteiger partial charge on any atom is -0.481 e. The molecule has 3 aliphatic heterocycles. The molecule has 2 saturated heterocycles. The number of hydrogen-bond donors (Lipinski definition) is 10. The van der Waals surface area contributed by atoms with Crippen LogP contribution in [0.2, 0.25) is 0 Å². The van der Waals surface area contributed by atoms with Crippen LogP contribution in [0.3, 0.4) is 0 Å². The van der Waals surface area contributed by atoms with Crippen molar-refractivity contribution in [2.24, 2.45) is 17.8 Å². The molecule has 10 N–H and O–H groups in total. The number of benzene rings is 2. The number of amides is 8. The first kappa shape index (κ1) is 75.1. The van der Waals surface area contributed by atoms with Crippen molar-refractivity contribution in [1.29, 1.82) is 0 Å². The SMILES string of the molecule is CC[C@H](C)[C@H](NC(=O)[C@H]1CCCC[N+]1(C)Cc1ccc(O[C@@H]2O[C@H](C(=O)O)[C@@H](O)[C@H](O)[C@H]2O)c(NC(=O)CCNC(=O)C(CNC(=O)OC(C)(C)C)N2C(=O)C=CC2=O)c1)C(=O)N(C)[C@H](C[C@@H](OC)c1nc(C(=O)N[C@@H](Cc2ccccc2)C[C@H](C)C(=O)O)cs1)C(C)C. The zero-order chi connectivity index (χ0) is 69.5. The van der Waals surface area contributed by atoms with E-state index in [-0.39, 0.29) is 71.2 Å². The summed E-state index contributed by atoms with van der Waals surface area (Å²) in [4.78, 5) is 140. The molecule has 8 amide bonds. The van der Waals surface area contributed by atoms with Crippen molar-refractivity contribution in [3.8, 4) is 5.75 Å². The van der Waals surface area contributed by atoms with E-state index < -0.39 is 139 Å². The summed E-state index contributed by atoms with van der Waals surface area (Å²) in [5.41, 5.74) is 0.638. The summed E-state index contributed by atoms with van der Waals surface area (Å²) in [5.74, 6) is -8.45. The van der Waals surface area contributed by atoms with Crippen LogP contribution in [0.25, 0.3) is 0 Å². The molecule has 516 valence electrons. The van der Waals surface area contributed by atoms with Crippen LogP contribution in [0, 0.1) is 17.8 Å². The number of methoxy groups -OCH3 is 1. The highest BCUT2D eigenvalue weighted by Crippen LogP contribution is 2.35. The maximum Gasteiger partial charge on any atom is 0.407 e. The van der Waals surface area contributed by atoms with Crippen LogP contribution in [0.5, 0.6) is 5.75 Å². The highest BCUT2D eigenvalue weighted by atomic mass is 32.1. The lowest BCUT2D eigenvalue weighted by Crippen LogP contribution is -2.63. The number of alkyl carbamates (subject to hydrolysis) is 1. The summed E-state index contributed by atoms with van der Waals surface area (Å²) in [5, 5.41) is 67.3. The van der Waals surface area contributed by atoms with Gasteiger partial charge in [0.05, 0.1) is 31.7 Å². The highest BCUT2D eigenvalue weighted by molar-refractivity contribution is 7.09. The van der Waals surface area contributed by atoms with Gasteiger partial charge in [-0.05, 0) is 82.1 Å². The Hall–Kier alpha value is -7.93. The molecule has 0 spiro atoms. The first-order chi connectivity index (χ1) is 44.2. The van der Waals surface area contributed by atoms with Crippen molar-refractivity contribution >= 4 is 76.4 Å². The standard InChI is InChI=1S/C65H91N9O19S/c1-12-36(4)51(60(84)72(9)43(35(2)3)31-47(90-11)59-70-42(34-94-59)56(81)68-40(28-37(5)61(85)86)29-38-18-14-13-15-19-38)71-58(83)45-20-16-17-27-74(45,10)33-39-21-22-46(91-63-54(80)52(78)53(79)55(92-63)62(87)88)41(30-39)69-48(75)25-26-66-57(82)44(73-49(76)23-24-50(73)77)32-67-64(89)93-65(6,7)8/h13-15,18-19,21-24,30,34-37,40,43-45,47,51-55,63,78-80H,12,16-17,20,25-29,31-33H2,1-11H3,(H6-,66,67,68,69,71,75,81,82,83,85,86,87,88,89)/p+1/t36-,37-,40+,43+,44?,45+,47+,51-,52-,53-,54+,55-,63+,74?/m0/s1. The number of quaternary nitrogens is 1. The van der Waals surface area contributed by atoms with Gasteiger partial charge in [-0.2, -0.15) is 0 Å². The summed E-state index contributed by atoms with van der Waals surface area (Å²) in [6.45, 7) is 13.9. The number of rotatable bonds is 31. The van der Waals surface area contributed by atoms with Crippen LogP contribution in [0.1, 0.15) is 133 Å². The molecule has 14 atom stereocenters. The van der Waals surface area contributed by atoms with Crippen molar-refractivity contribution in [3.63, 3.8) is 0 Å². The number of nitrogens with one attached hydrogen (secondary N) is 5. The number of carbonyl (C=O) groups is 10. The third kappa shape index (κ3) is 20.1. The van der Waals surface area contributed by atoms with Crippen LogP contribution in [0.15, 0.2) is 66.1 Å². The number of ether oxygens (including phenoxy) is 4. The molecule has 4 heterocycles. The van der Waals surface area contributed by atoms with E-state index in [1.165, 1.54) is 30.6 Å². The summed E-state index contributed by atoms with van der Waals surface area (Å²) < 4.78 is 22.7. The number of carboxylic acid groups (broad SMARTS) is 2. The van der Waals surface area contributed by atoms with Crippen LogP contribution in [0.4, 0.5) is 10.5 Å². The average Bonchev–Trinajstić information content (AvgIpc) is 1.03. The van der Waals surface area contributed by atoms with Gasteiger partial charge in [0.1, 0.15) is 65.1 Å². The summed E-state index contributed by atoms with van der Waals surface area (Å²) in [6.07, 6.45) is -6.81. The Balaban J connectivity index is 1.19. The molecule has 3 aromatic rings. The van der Waals surface area contributed by atoms with Gasteiger partial charge in [-0.15, -0.1) is 11.3 Å². The Morgan fingerprint density at radius 3 is 2.18 bits per heavy atom. The van der Waals surface area contributed by atoms with E-state index in [1.807, 2.05) is 65.1 Å². The molecule has 0 radical (unpaired) electrons. The zero-order valence-electron chi connectivity index (χ0n) is 55.1. The van der Waals surface area contributed by atoms with Gasteiger partial charge in [-0.3, -0.25) is 43.3 Å². The number of nitrogens with zero attached hydrogens (tertiary/aromatic N) is 4. The summed E-state index contributed by atoms with van der Waals surface area (Å²) in [7, 11) is 5.11. The predicted octanol–water partition coefficient (Wildman–Crippen LogP) is 3.42. The quantitative estimate of drug-likeness (QED) is 0.0326. The molecule has 6 rings (SSSR count). The lowest BCUT2D eigenvalue weighted by Gasteiger charge is -2.44. The maximum atomic E-state index is 15.0. The number of aliphatic hydroxyl groups excluding tert-OH is 3. The molecule has 2 aromatic carbocycles. The second-order valence-electron chi connectivity index (χ2n) is 25.9. The van der Waals surface area contributed by atoms with Gasteiger partial charge >= 0.3 is 18.0 Å². The number of carbonyl (C=O) groups excluding carboxylic acids is 8. The number of hydrogen-bond acceptors (Lipinski definition) is 19. The predicted molar refractivity (Wildman–Crippen MR) is 341 cm³/mol. The number of aromatic nitrogens is 1. The second-order valence-corrected chi connectivity index (χ2v) is 26.8. The molecule has 0 aliphatic carbocycles. The second kappa shape index (κ2) is 33.4. The normalized spacial score (nSPS) is 22.8. The van der Waals surface area contributed by atoms with Crippen LogP contribution < -0.4 is 31.3 Å². The van der Waals surface area contributed by atoms with Gasteiger partial charge in [0, 0.05) is 75.1 Å². The molecule has 0 bridgehead atoms. The Morgan fingerprint density at radius 2 is 1.56 bits per heavy atom. The van der Waals surface area contributed by atoms with E-state index in [4.69, 9.17) is 18.9 Å². The molecule has 3 aliphatic rings. The average molecular weight is 1340 g/mol. The van der Waals surface area contributed by atoms with Crippen LogP contribution in [-0.2, 0) is 65.5 Å². The van der Waals surface area contributed by atoms with Crippen LogP contribution >= 0.6 is 11.3 Å². The molecule has 2 unspecified atom stereocenters. The molecule has 94 heavy (non-hydrogen) atoms. The van der Waals surface area contributed by atoms with Gasteiger partial charge in [0.25, 0.3) is 23.6 Å². The highest BCUT2D eigenvalue weighted by Gasteiger charge is 2.49. The Kier molecular flexibility index (Phi) is 26.7. The smallest absolute Gasteiger partial charge is 0.407 e. The Bertz CT molecular complexity index is 3200. The topological polar surface area (TPSA) is 388 Å². The van der Waals surface area contributed by atoms with E-state index in [0.717, 1.165) is 24.1 Å². The molecule has 0 saturated carbocycles. The van der Waals surface area contributed by atoms with Crippen molar-refractivity contribution in [1.82, 2.24) is 36.1 Å². The minimum absolute atomic E-state index is 0.0606. The van der Waals surface area contributed by atoms with Gasteiger partial charge in [-0.25, -0.2) is 14.6 Å². The summed E-state index contributed by atoms with van der Waals surface area (Å²) in [6, 6.07) is 9.82. The fourth-order valence-electron chi connectivity index (χ4n) is 11.7.